The SMILES string of the molecule is CCOc1cc(C#N)cc(Br)c1OCC(=O)NC(C)CN1CCCC(C)C1. The van der Waals surface area contributed by atoms with E-state index in [1.165, 1.54) is 12.8 Å². The van der Waals surface area contributed by atoms with Crippen LogP contribution < -0.4 is 14.8 Å². The van der Waals surface area contributed by atoms with Crippen molar-refractivity contribution in [1.29, 1.82) is 5.26 Å². The first-order valence-corrected chi connectivity index (χ1v) is 10.2. The van der Waals surface area contributed by atoms with Crippen LogP contribution in [0.4, 0.5) is 0 Å². The molecule has 1 heterocycles. The number of rotatable bonds is 8. The molecule has 2 atom stereocenters. The Morgan fingerprint density at radius 3 is 2.93 bits per heavy atom. The molecule has 0 radical (unpaired) electrons. The van der Waals surface area contributed by atoms with E-state index in [0.717, 1.165) is 25.6 Å². The van der Waals surface area contributed by atoms with Crippen LogP contribution in [0.2, 0.25) is 0 Å². The van der Waals surface area contributed by atoms with Crippen molar-refractivity contribution in [2.24, 2.45) is 5.92 Å². The van der Waals surface area contributed by atoms with Crippen LogP contribution in [-0.4, -0.2) is 49.7 Å². The third kappa shape index (κ3) is 6.71. The highest BCUT2D eigenvalue weighted by Gasteiger charge is 2.19. The summed E-state index contributed by atoms with van der Waals surface area (Å²) in [5.41, 5.74) is 0.464. The smallest absolute Gasteiger partial charge is 0.258 e. The van der Waals surface area contributed by atoms with Crippen LogP contribution in [0.15, 0.2) is 16.6 Å². The first-order chi connectivity index (χ1) is 12.9. The minimum absolute atomic E-state index is 0.0576. The van der Waals surface area contributed by atoms with Crippen molar-refractivity contribution in [2.45, 2.75) is 39.7 Å². The zero-order valence-corrected chi connectivity index (χ0v) is 17.8. The normalized spacial score (nSPS) is 18.4. The molecule has 2 rings (SSSR count). The molecular formula is C20H28BrN3O3. The molecule has 0 spiro atoms. The predicted octanol–water partition coefficient (Wildman–Crippen LogP) is 3.33. The number of likely N-dealkylation sites (tertiary alicyclic amines) is 1. The van der Waals surface area contributed by atoms with E-state index in [-0.39, 0.29) is 18.6 Å². The Balaban J connectivity index is 1.88. The van der Waals surface area contributed by atoms with Crippen LogP contribution in [0.1, 0.15) is 39.2 Å². The summed E-state index contributed by atoms with van der Waals surface area (Å²) in [5.74, 6) is 1.43. The van der Waals surface area contributed by atoms with E-state index in [1.54, 1.807) is 12.1 Å². The number of hydrogen-bond acceptors (Lipinski definition) is 5. The number of carbonyl (C=O) groups excluding carboxylic acids is 1. The van der Waals surface area contributed by atoms with Gasteiger partial charge in [-0.05, 0) is 61.1 Å². The summed E-state index contributed by atoms with van der Waals surface area (Å²) in [6, 6.07) is 5.40. The minimum Gasteiger partial charge on any atom is -0.490 e. The van der Waals surface area contributed by atoms with Crippen molar-refractivity contribution < 1.29 is 14.3 Å². The van der Waals surface area contributed by atoms with Gasteiger partial charge in [0.05, 0.1) is 22.7 Å². The molecule has 1 saturated heterocycles. The summed E-state index contributed by atoms with van der Waals surface area (Å²) in [7, 11) is 0. The van der Waals surface area contributed by atoms with E-state index in [9.17, 15) is 4.79 Å². The summed E-state index contributed by atoms with van der Waals surface area (Å²) in [6.07, 6.45) is 2.50. The topological polar surface area (TPSA) is 74.6 Å². The highest BCUT2D eigenvalue weighted by Crippen LogP contribution is 2.36. The van der Waals surface area contributed by atoms with Crippen LogP contribution in [0.5, 0.6) is 11.5 Å². The molecule has 2 unspecified atom stereocenters. The lowest BCUT2D eigenvalue weighted by atomic mass is 10.00. The maximum Gasteiger partial charge on any atom is 0.258 e. The number of nitrogens with zero attached hydrogens (tertiary/aromatic N) is 2. The van der Waals surface area contributed by atoms with E-state index in [4.69, 9.17) is 14.7 Å². The molecule has 1 fully saturated rings. The minimum atomic E-state index is -0.175. The second kappa shape index (κ2) is 10.5. The van der Waals surface area contributed by atoms with Gasteiger partial charge in [-0.2, -0.15) is 5.26 Å². The van der Waals surface area contributed by atoms with Crippen molar-refractivity contribution in [2.75, 3.05) is 32.8 Å². The summed E-state index contributed by atoms with van der Waals surface area (Å²) < 4.78 is 11.8. The van der Waals surface area contributed by atoms with Crippen molar-refractivity contribution >= 4 is 21.8 Å². The molecular weight excluding hydrogens is 410 g/mol. The molecule has 1 amide bonds. The van der Waals surface area contributed by atoms with E-state index in [0.29, 0.717) is 28.1 Å². The third-order valence-electron chi connectivity index (χ3n) is 4.47. The number of benzene rings is 1. The largest absolute Gasteiger partial charge is 0.490 e. The molecule has 0 bridgehead atoms. The van der Waals surface area contributed by atoms with Gasteiger partial charge in [0, 0.05) is 25.2 Å². The predicted molar refractivity (Wildman–Crippen MR) is 108 cm³/mol. The van der Waals surface area contributed by atoms with E-state index >= 15 is 0 Å². The molecule has 148 valence electrons. The molecule has 27 heavy (non-hydrogen) atoms. The van der Waals surface area contributed by atoms with Gasteiger partial charge in [0.15, 0.2) is 18.1 Å². The fraction of sp³-hybridized carbons (Fsp3) is 0.600. The second-order valence-corrected chi connectivity index (χ2v) is 7.95. The first kappa shape index (κ1) is 21.5. The molecule has 6 nitrogen and oxygen atoms in total. The van der Waals surface area contributed by atoms with Crippen LogP contribution >= 0.6 is 15.9 Å². The zero-order chi connectivity index (χ0) is 19.8. The number of hydrogen-bond donors (Lipinski definition) is 1. The summed E-state index contributed by atoms with van der Waals surface area (Å²) >= 11 is 3.39. The van der Waals surface area contributed by atoms with Gasteiger partial charge in [0.2, 0.25) is 0 Å². The molecule has 1 aliphatic rings. The number of ether oxygens (including phenoxy) is 2. The monoisotopic (exact) mass is 437 g/mol. The van der Waals surface area contributed by atoms with Crippen LogP contribution in [0.25, 0.3) is 0 Å². The Hall–Kier alpha value is -1.78. The lowest BCUT2D eigenvalue weighted by Crippen LogP contribution is -2.46. The molecule has 7 heteroatoms. The van der Waals surface area contributed by atoms with E-state index in [1.807, 2.05) is 13.8 Å². The van der Waals surface area contributed by atoms with Crippen molar-refractivity contribution in [1.82, 2.24) is 10.2 Å². The number of amides is 1. The van der Waals surface area contributed by atoms with Crippen LogP contribution in [0.3, 0.4) is 0 Å². The lowest BCUT2D eigenvalue weighted by Gasteiger charge is -2.32. The molecule has 1 aliphatic heterocycles. The van der Waals surface area contributed by atoms with Crippen LogP contribution in [-0.2, 0) is 4.79 Å². The van der Waals surface area contributed by atoms with Gasteiger partial charge >= 0.3 is 0 Å². The number of halogens is 1. The lowest BCUT2D eigenvalue weighted by molar-refractivity contribution is -0.123. The Labute approximate surface area is 169 Å². The Morgan fingerprint density at radius 2 is 2.26 bits per heavy atom. The van der Waals surface area contributed by atoms with E-state index < -0.39 is 0 Å². The summed E-state index contributed by atoms with van der Waals surface area (Å²) in [5, 5.41) is 12.1. The average molecular weight is 438 g/mol. The van der Waals surface area contributed by atoms with Gasteiger partial charge in [-0.25, -0.2) is 0 Å². The first-order valence-electron chi connectivity index (χ1n) is 9.43. The number of carbonyl (C=O) groups is 1. The van der Waals surface area contributed by atoms with E-state index in [2.05, 4.69) is 39.1 Å². The van der Waals surface area contributed by atoms with Gasteiger partial charge < -0.3 is 19.7 Å². The third-order valence-corrected chi connectivity index (χ3v) is 5.06. The average Bonchev–Trinajstić information content (AvgIpc) is 2.60. The van der Waals surface area contributed by atoms with Crippen LogP contribution in [0, 0.1) is 17.2 Å². The number of nitrogens with one attached hydrogen (secondary N) is 1. The van der Waals surface area contributed by atoms with Gasteiger partial charge in [0.1, 0.15) is 0 Å². The quantitative estimate of drug-likeness (QED) is 0.674. The summed E-state index contributed by atoms with van der Waals surface area (Å²) in [6.45, 7) is 9.51. The molecule has 0 aliphatic carbocycles. The Morgan fingerprint density at radius 1 is 1.48 bits per heavy atom. The molecule has 1 N–H and O–H groups in total. The molecule has 1 aromatic carbocycles. The van der Waals surface area contributed by atoms with Gasteiger partial charge in [-0.15, -0.1) is 0 Å². The Kier molecular flexibility index (Phi) is 8.39. The zero-order valence-electron chi connectivity index (χ0n) is 16.3. The standard InChI is InChI=1S/C20H28BrN3O3/c1-4-26-18-9-16(10-22)8-17(21)20(18)27-13-19(25)23-15(3)12-24-7-5-6-14(2)11-24/h8-9,14-15H,4-7,11-13H2,1-3H3,(H,23,25). The second-order valence-electron chi connectivity index (χ2n) is 7.09. The van der Waals surface area contributed by atoms with Crippen molar-refractivity contribution in [3.63, 3.8) is 0 Å². The number of nitriles is 1. The summed E-state index contributed by atoms with van der Waals surface area (Å²) in [4.78, 5) is 14.7. The maximum atomic E-state index is 12.3. The number of piperidine rings is 1. The highest BCUT2D eigenvalue weighted by molar-refractivity contribution is 9.10. The van der Waals surface area contributed by atoms with Gasteiger partial charge in [-0.3, -0.25) is 4.79 Å². The maximum absolute atomic E-state index is 12.3. The molecule has 0 aromatic heterocycles. The van der Waals surface area contributed by atoms with Crippen molar-refractivity contribution in [3.05, 3.63) is 22.2 Å². The van der Waals surface area contributed by atoms with Gasteiger partial charge in [0.25, 0.3) is 5.91 Å². The fourth-order valence-corrected chi connectivity index (χ4v) is 3.93. The molecule has 0 saturated carbocycles. The molecule has 1 aromatic rings. The van der Waals surface area contributed by atoms with Gasteiger partial charge in [-0.1, -0.05) is 6.92 Å². The Bertz CT molecular complexity index is 690. The highest BCUT2D eigenvalue weighted by atomic mass is 79.9. The fourth-order valence-electron chi connectivity index (χ4n) is 3.38. The van der Waals surface area contributed by atoms with Crippen molar-refractivity contribution in [3.8, 4) is 17.6 Å².